The Balaban J connectivity index is 1.61. The molecule has 0 fully saturated rings. The van der Waals surface area contributed by atoms with Gasteiger partial charge < -0.3 is 9.47 Å². The van der Waals surface area contributed by atoms with Crippen molar-refractivity contribution in [1.82, 2.24) is 4.90 Å². The molecule has 0 unspecified atom stereocenters. The highest BCUT2D eigenvalue weighted by Crippen LogP contribution is 2.13. The Bertz CT molecular complexity index is 524. The van der Waals surface area contributed by atoms with Gasteiger partial charge in [0, 0.05) is 13.1 Å². The summed E-state index contributed by atoms with van der Waals surface area (Å²) in [6.07, 6.45) is 2.12. The van der Waals surface area contributed by atoms with Crippen LogP contribution >= 0.6 is 0 Å². The number of ether oxygens (including phenoxy) is 2. The molecule has 130 valence electrons. The predicted octanol–water partition coefficient (Wildman–Crippen LogP) is 4.20. The van der Waals surface area contributed by atoms with E-state index < -0.39 is 0 Å². The smallest absolute Gasteiger partial charge is 0.119 e. The van der Waals surface area contributed by atoms with Crippen molar-refractivity contribution in [2.24, 2.45) is 0 Å². The van der Waals surface area contributed by atoms with Crippen molar-refractivity contribution in [3.05, 3.63) is 59.7 Å². The first kappa shape index (κ1) is 18.3. The summed E-state index contributed by atoms with van der Waals surface area (Å²) >= 11 is 0. The first-order chi connectivity index (χ1) is 11.7. The molecule has 0 aromatic heterocycles. The minimum atomic E-state index is 0.688. The molecular formula is C21H29NO2. The number of likely N-dealkylation sites (N-methyl/N-ethyl adjacent to an activating group) is 1. The number of nitrogens with zero attached hydrogens (tertiary/aromatic N) is 1. The quantitative estimate of drug-likeness (QED) is 0.653. The van der Waals surface area contributed by atoms with E-state index in [1.165, 1.54) is 11.1 Å². The summed E-state index contributed by atoms with van der Waals surface area (Å²) in [7, 11) is 2.09. The number of hydrogen-bond acceptors (Lipinski definition) is 3. The Kier molecular flexibility index (Phi) is 7.63. The molecule has 0 bridgehead atoms. The molecule has 2 aromatic rings. The van der Waals surface area contributed by atoms with Gasteiger partial charge in [-0.2, -0.15) is 0 Å². The number of rotatable bonds is 10. The summed E-state index contributed by atoms with van der Waals surface area (Å²) in [5.41, 5.74) is 2.67. The van der Waals surface area contributed by atoms with E-state index in [-0.39, 0.29) is 0 Å². The average Bonchev–Trinajstić information content (AvgIpc) is 2.63. The SMILES string of the molecule is CCc1ccc(OCCN(C)CCOc2ccc(CC)cc2)cc1. The average molecular weight is 327 g/mol. The summed E-state index contributed by atoms with van der Waals surface area (Å²) in [6, 6.07) is 16.7. The third-order valence-corrected chi connectivity index (χ3v) is 4.15. The second-order valence-electron chi connectivity index (χ2n) is 6.00. The van der Waals surface area contributed by atoms with Crippen LogP contribution in [0.2, 0.25) is 0 Å². The second-order valence-corrected chi connectivity index (χ2v) is 6.00. The molecule has 0 aliphatic heterocycles. The van der Waals surface area contributed by atoms with Gasteiger partial charge in [0.1, 0.15) is 24.7 Å². The number of aryl methyl sites for hydroxylation is 2. The topological polar surface area (TPSA) is 21.7 Å². The van der Waals surface area contributed by atoms with Gasteiger partial charge in [-0.05, 0) is 55.3 Å². The summed E-state index contributed by atoms with van der Waals surface area (Å²) < 4.78 is 11.6. The fraction of sp³-hybridized carbons (Fsp3) is 0.429. The van der Waals surface area contributed by atoms with Gasteiger partial charge in [-0.25, -0.2) is 0 Å². The van der Waals surface area contributed by atoms with Gasteiger partial charge >= 0.3 is 0 Å². The minimum Gasteiger partial charge on any atom is -0.492 e. The molecule has 0 amide bonds. The van der Waals surface area contributed by atoms with Crippen LogP contribution in [0.25, 0.3) is 0 Å². The zero-order chi connectivity index (χ0) is 17.2. The first-order valence-corrected chi connectivity index (χ1v) is 8.83. The lowest BCUT2D eigenvalue weighted by atomic mass is 10.2. The normalized spacial score (nSPS) is 10.8. The Hall–Kier alpha value is -2.00. The number of benzene rings is 2. The van der Waals surface area contributed by atoms with Crippen LogP contribution in [0.4, 0.5) is 0 Å². The Morgan fingerprint density at radius 2 is 1.04 bits per heavy atom. The Labute approximate surface area is 146 Å². The molecule has 0 spiro atoms. The number of hydrogen-bond donors (Lipinski definition) is 0. The zero-order valence-corrected chi connectivity index (χ0v) is 15.1. The summed E-state index contributed by atoms with van der Waals surface area (Å²) in [6.45, 7) is 7.46. The van der Waals surface area contributed by atoms with E-state index in [1.807, 2.05) is 24.3 Å². The lowest BCUT2D eigenvalue weighted by Gasteiger charge is -2.17. The van der Waals surface area contributed by atoms with E-state index in [1.54, 1.807) is 0 Å². The van der Waals surface area contributed by atoms with Crippen molar-refractivity contribution >= 4 is 0 Å². The molecule has 0 saturated carbocycles. The molecule has 0 saturated heterocycles. The fourth-order valence-corrected chi connectivity index (χ4v) is 2.39. The predicted molar refractivity (Wildman–Crippen MR) is 100 cm³/mol. The molecule has 0 heterocycles. The second kappa shape index (κ2) is 9.99. The third-order valence-electron chi connectivity index (χ3n) is 4.15. The van der Waals surface area contributed by atoms with E-state index >= 15 is 0 Å². The Morgan fingerprint density at radius 1 is 0.667 bits per heavy atom. The Morgan fingerprint density at radius 3 is 1.38 bits per heavy atom. The van der Waals surface area contributed by atoms with Crippen molar-refractivity contribution in [1.29, 1.82) is 0 Å². The van der Waals surface area contributed by atoms with Crippen LogP contribution in [-0.4, -0.2) is 38.3 Å². The molecule has 2 rings (SSSR count). The summed E-state index contributed by atoms with van der Waals surface area (Å²) in [5.74, 6) is 1.88. The van der Waals surface area contributed by atoms with Crippen LogP contribution in [0.15, 0.2) is 48.5 Å². The van der Waals surface area contributed by atoms with Gasteiger partial charge in [-0.1, -0.05) is 38.1 Å². The van der Waals surface area contributed by atoms with Crippen molar-refractivity contribution in [3.63, 3.8) is 0 Å². The van der Waals surface area contributed by atoms with Crippen molar-refractivity contribution in [3.8, 4) is 11.5 Å². The van der Waals surface area contributed by atoms with E-state index in [2.05, 4.69) is 50.1 Å². The van der Waals surface area contributed by atoms with Gasteiger partial charge in [0.15, 0.2) is 0 Å². The first-order valence-electron chi connectivity index (χ1n) is 8.83. The maximum absolute atomic E-state index is 5.78. The molecule has 24 heavy (non-hydrogen) atoms. The van der Waals surface area contributed by atoms with Crippen LogP contribution in [0.1, 0.15) is 25.0 Å². The van der Waals surface area contributed by atoms with Crippen molar-refractivity contribution < 1.29 is 9.47 Å². The maximum atomic E-state index is 5.78. The third kappa shape index (κ3) is 6.25. The molecule has 3 heteroatoms. The highest BCUT2D eigenvalue weighted by Gasteiger charge is 2.01. The van der Waals surface area contributed by atoms with Gasteiger partial charge in [-0.15, -0.1) is 0 Å². The lowest BCUT2D eigenvalue weighted by molar-refractivity contribution is 0.202. The molecule has 0 aliphatic carbocycles. The van der Waals surface area contributed by atoms with Gasteiger partial charge in [0.25, 0.3) is 0 Å². The fourth-order valence-electron chi connectivity index (χ4n) is 2.39. The van der Waals surface area contributed by atoms with Crippen LogP contribution < -0.4 is 9.47 Å². The standard InChI is InChI=1S/C21H29NO2/c1-4-18-6-10-20(11-7-18)23-16-14-22(3)15-17-24-21-12-8-19(5-2)9-13-21/h6-13H,4-5,14-17H2,1-3H3. The van der Waals surface area contributed by atoms with E-state index in [4.69, 9.17) is 9.47 Å². The van der Waals surface area contributed by atoms with Gasteiger partial charge in [-0.3, -0.25) is 4.90 Å². The van der Waals surface area contributed by atoms with Crippen LogP contribution in [0.3, 0.4) is 0 Å². The van der Waals surface area contributed by atoms with Crippen molar-refractivity contribution in [2.75, 3.05) is 33.4 Å². The lowest BCUT2D eigenvalue weighted by Crippen LogP contribution is -2.28. The molecular weight excluding hydrogens is 298 g/mol. The largest absolute Gasteiger partial charge is 0.492 e. The van der Waals surface area contributed by atoms with Gasteiger partial charge in [0.05, 0.1) is 0 Å². The molecule has 0 radical (unpaired) electrons. The highest BCUT2D eigenvalue weighted by atomic mass is 16.5. The molecule has 0 aliphatic rings. The van der Waals surface area contributed by atoms with Crippen LogP contribution in [0, 0.1) is 0 Å². The molecule has 0 atom stereocenters. The van der Waals surface area contributed by atoms with E-state index in [9.17, 15) is 0 Å². The molecule has 3 nitrogen and oxygen atoms in total. The van der Waals surface area contributed by atoms with Crippen LogP contribution in [-0.2, 0) is 12.8 Å². The van der Waals surface area contributed by atoms with E-state index in [0.29, 0.717) is 13.2 Å². The highest BCUT2D eigenvalue weighted by molar-refractivity contribution is 5.27. The summed E-state index contributed by atoms with van der Waals surface area (Å²) in [5, 5.41) is 0. The summed E-state index contributed by atoms with van der Waals surface area (Å²) in [4.78, 5) is 2.22. The minimum absolute atomic E-state index is 0.688. The van der Waals surface area contributed by atoms with Gasteiger partial charge in [0.2, 0.25) is 0 Å². The van der Waals surface area contributed by atoms with E-state index in [0.717, 1.165) is 37.4 Å². The monoisotopic (exact) mass is 327 g/mol. The molecule has 2 aromatic carbocycles. The zero-order valence-electron chi connectivity index (χ0n) is 15.1. The maximum Gasteiger partial charge on any atom is 0.119 e. The molecule has 0 N–H and O–H groups in total. The van der Waals surface area contributed by atoms with Crippen LogP contribution in [0.5, 0.6) is 11.5 Å². The van der Waals surface area contributed by atoms with Crippen molar-refractivity contribution in [2.45, 2.75) is 26.7 Å².